The summed E-state index contributed by atoms with van der Waals surface area (Å²) in [5, 5.41) is 0.277. The fourth-order valence-corrected chi connectivity index (χ4v) is 3.07. The van der Waals surface area contributed by atoms with Crippen molar-refractivity contribution in [1.29, 1.82) is 0 Å². The van der Waals surface area contributed by atoms with E-state index in [-0.39, 0.29) is 11.2 Å². The molecule has 76 valence electrons. The van der Waals surface area contributed by atoms with Crippen molar-refractivity contribution in [3.8, 4) is 0 Å². The summed E-state index contributed by atoms with van der Waals surface area (Å²) in [6, 6.07) is 0. The van der Waals surface area contributed by atoms with Crippen LogP contribution in [0.4, 0.5) is 4.39 Å². The molecule has 0 aromatic heterocycles. The first-order chi connectivity index (χ1) is 6.06. The molecule has 0 unspecified atom stereocenters. The van der Waals surface area contributed by atoms with Gasteiger partial charge in [-0.3, -0.25) is 4.79 Å². The summed E-state index contributed by atoms with van der Waals surface area (Å²) in [4.78, 5) is 10.6. The lowest BCUT2D eigenvalue weighted by Crippen LogP contribution is -2.24. The highest BCUT2D eigenvalue weighted by Crippen LogP contribution is 2.42. The molecule has 0 aromatic carbocycles. The highest BCUT2D eigenvalue weighted by atomic mass is 32.2. The van der Waals surface area contributed by atoms with Crippen molar-refractivity contribution in [2.75, 3.05) is 0 Å². The van der Waals surface area contributed by atoms with Crippen molar-refractivity contribution in [2.24, 2.45) is 5.92 Å². The maximum Gasteiger partial charge on any atom is 0.303 e. The van der Waals surface area contributed by atoms with Gasteiger partial charge < -0.3 is 4.74 Å². The van der Waals surface area contributed by atoms with Crippen LogP contribution in [0.2, 0.25) is 0 Å². The fourth-order valence-electron chi connectivity index (χ4n) is 1.55. The van der Waals surface area contributed by atoms with E-state index in [1.165, 1.54) is 18.7 Å². The number of carbonyl (C=O) groups is 1. The van der Waals surface area contributed by atoms with E-state index in [0.717, 1.165) is 6.42 Å². The van der Waals surface area contributed by atoms with Crippen LogP contribution < -0.4 is 0 Å². The van der Waals surface area contributed by atoms with Gasteiger partial charge in [-0.15, -0.1) is 11.8 Å². The zero-order valence-electron chi connectivity index (χ0n) is 8.12. The maximum absolute atomic E-state index is 13.5. The summed E-state index contributed by atoms with van der Waals surface area (Å²) in [6.07, 6.45) is -0.0943. The lowest BCUT2D eigenvalue weighted by molar-refractivity contribution is -0.144. The molecule has 0 N–H and O–H groups in total. The normalized spacial score (nSPS) is 39.1. The van der Waals surface area contributed by atoms with Gasteiger partial charge in [0.2, 0.25) is 0 Å². The van der Waals surface area contributed by atoms with Crippen LogP contribution in [0.3, 0.4) is 0 Å². The van der Waals surface area contributed by atoms with E-state index in [9.17, 15) is 9.18 Å². The molecule has 0 amide bonds. The number of alkyl halides is 1. The molecule has 4 heteroatoms. The molecule has 0 aromatic rings. The van der Waals surface area contributed by atoms with Crippen molar-refractivity contribution in [3.63, 3.8) is 0 Å². The second-order valence-electron chi connectivity index (χ2n) is 3.36. The Hall–Kier alpha value is -0.250. The number of hydrogen-bond donors (Lipinski definition) is 0. The van der Waals surface area contributed by atoms with Gasteiger partial charge in [0, 0.05) is 18.1 Å². The molecule has 2 nitrogen and oxygen atoms in total. The maximum atomic E-state index is 13.5. The van der Waals surface area contributed by atoms with Gasteiger partial charge in [0.05, 0.1) is 0 Å². The molecule has 0 saturated carbocycles. The minimum atomic E-state index is -1.01. The molecule has 0 aliphatic carbocycles. The van der Waals surface area contributed by atoms with Crippen LogP contribution in [0, 0.1) is 5.92 Å². The third kappa shape index (κ3) is 2.36. The Morgan fingerprint density at radius 1 is 1.62 bits per heavy atom. The molecule has 1 heterocycles. The number of esters is 1. The average molecular weight is 206 g/mol. The predicted octanol–water partition coefficient (Wildman–Crippen LogP) is 2.38. The molecular weight excluding hydrogens is 191 g/mol. The average Bonchev–Trinajstić information content (AvgIpc) is 2.32. The largest absolute Gasteiger partial charge is 0.448 e. The molecule has 1 aliphatic rings. The standard InChI is InChI=1S/C9H15FO2S/c1-4-7-5(2)8(10)9(13-7)12-6(3)11/h5,7-9H,4H2,1-3H3/t5-,7-,8+,9+/m1/s1. The van der Waals surface area contributed by atoms with Crippen LogP contribution in [0.5, 0.6) is 0 Å². The minimum Gasteiger partial charge on any atom is -0.448 e. The molecule has 13 heavy (non-hydrogen) atoms. The highest BCUT2D eigenvalue weighted by molar-refractivity contribution is 8.00. The number of carbonyl (C=O) groups excluding carboxylic acids is 1. The fraction of sp³-hybridized carbons (Fsp3) is 0.889. The van der Waals surface area contributed by atoms with Crippen molar-refractivity contribution in [1.82, 2.24) is 0 Å². The number of hydrogen-bond acceptors (Lipinski definition) is 3. The van der Waals surface area contributed by atoms with Crippen molar-refractivity contribution >= 4 is 17.7 Å². The van der Waals surface area contributed by atoms with Gasteiger partial charge in [0.15, 0.2) is 11.6 Å². The molecular formula is C9H15FO2S. The van der Waals surface area contributed by atoms with Crippen LogP contribution in [0.1, 0.15) is 27.2 Å². The van der Waals surface area contributed by atoms with Crippen molar-refractivity contribution in [3.05, 3.63) is 0 Å². The summed E-state index contributed by atoms with van der Waals surface area (Å²) in [5.41, 5.74) is -0.586. The second-order valence-corrected chi connectivity index (χ2v) is 4.71. The highest BCUT2D eigenvalue weighted by Gasteiger charge is 2.42. The van der Waals surface area contributed by atoms with Crippen LogP contribution in [0.15, 0.2) is 0 Å². The summed E-state index contributed by atoms with van der Waals surface area (Å²) in [6.45, 7) is 5.21. The van der Waals surface area contributed by atoms with E-state index in [0.29, 0.717) is 0 Å². The van der Waals surface area contributed by atoms with Crippen LogP contribution in [0.25, 0.3) is 0 Å². The molecule has 0 radical (unpaired) electrons. The summed E-state index contributed by atoms with van der Waals surface area (Å²) >= 11 is 1.44. The Labute approximate surface area is 82.2 Å². The minimum absolute atomic E-state index is 0.0145. The lowest BCUT2D eigenvalue weighted by atomic mass is 10.0. The number of rotatable bonds is 2. The molecule has 1 aliphatic heterocycles. The zero-order chi connectivity index (χ0) is 10.0. The third-order valence-electron chi connectivity index (χ3n) is 2.34. The quantitative estimate of drug-likeness (QED) is 0.649. The number of thioether (sulfide) groups is 1. The Balaban J connectivity index is 2.55. The van der Waals surface area contributed by atoms with Crippen LogP contribution in [-0.4, -0.2) is 22.8 Å². The van der Waals surface area contributed by atoms with E-state index in [1.54, 1.807) is 0 Å². The first-order valence-electron chi connectivity index (χ1n) is 4.53. The summed E-state index contributed by atoms with van der Waals surface area (Å²) < 4.78 is 18.4. The Bertz CT molecular complexity index is 198. The Kier molecular flexibility index (Phi) is 3.59. The van der Waals surface area contributed by atoms with Gasteiger partial charge in [-0.05, 0) is 6.42 Å². The molecule has 1 saturated heterocycles. The monoisotopic (exact) mass is 206 g/mol. The molecule has 0 bridgehead atoms. The van der Waals surface area contributed by atoms with E-state index in [4.69, 9.17) is 4.74 Å². The van der Waals surface area contributed by atoms with Crippen LogP contribution >= 0.6 is 11.8 Å². The van der Waals surface area contributed by atoms with Gasteiger partial charge in [-0.2, -0.15) is 0 Å². The Morgan fingerprint density at radius 3 is 2.62 bits per heavy atom. The second kappa shape index (κ2) is 4.31. The topological polar surface area (TPSA) is 26.3 Å². The number of ether oxygens (including phenoxy) is 1. The molecule has 1 fully saturated rings. The molecule has 4 atom stereocenters. The van der Waals surface area contributed by atoms with Gasteiger partial charge in [-0.1, -0.05) is 13.8 Å². The lowest BCUT2D eigenvalue weighted by Gasteiger charge is -2.13. The van der Waals surface area contributed by atoms with E-state index in [2.05, 4.69) is 0 Å². The van der Waals surface area contributed by atoms with E-state index in [1.807, 2.05) is 13.8 Å². The van der Waals surface area contributed by atoms with Gasteiger partial charge in [-0.25, -0.2) is 4.39 Å². The Morgan fingerprint density at radius 2 is 2.23 bits per heavy atom. The zero-order valence-corrected chi connectivity index (χ0v) is 8.94. The van der Waals surface area contributed by atoms with Gasteiger partial charge >= 0.3 is 5.97 Å². The van der Waals surface area contributed by atoms with Crippen molar-refractivity contribution < 1.29 is 13.9 Å². The van der Waals surface area contributed by atoms with E-state index >= 15 is 0 Å². The smallest absolute Gasteiger partial charge is 0.303 e. The molecule has 0 spiro atoms. The van der Waals surface area contributed by atoms with Gasteiger partial charge in [0.1, 0.15) is 0 Å². The van der Waals surface area contributed by atoms with Gasteiger partial charge in [0.25, 0.3) is 0 Å². The van der Waals surface area contributed by atoms with Crippen molar-refractivity contribution in [2.45, 2.75) is 44.0 Å². The van der Waals surface area contributed by atoms with Crippen LogP contribution in [-0.2, 0) is 9.53 Å². The number of halogens is 1. The SMILES string of the molecule is CC[C@H]1S[C@H](OC(C)=O)[C@@H](F)[C@@H]1C. The molecule has 1 rings (SSSR count). The third-order valence-corrected chi connectivity index (χ3v) is 4.08. The van der Waals surface area contributed by atoms with E-state index < -0.39 is 17.6 Å². The first kappa shape index (κ1) is 10.8. The predicted molar refractivity (Wildman–Crippen MR) is 51.3 cm³/mol. The summed E-state index contributed by atoms with van der Waals surface area (Å²) in [5.74, 6) is -0.413. The first-order valence-corrected chi connectivity index (χ1v) is 5.47. The summed E-state index contributed by atoms with van der Waals surface area (Å²) in [7, 11) is 0.